The van der Waals surface area contributed by atoms with Crippen molar-refractivity contribution in [3.05, 3.63) is 46.4 Å². The lowest BCUT2D eigenvalue weighted by atomic mass is 9.99. The maximum atomic E-state index is 12.6. The molecule has 1 aromatic carbocycles. The van der Waals surface area contributed by atoms with E-state index in [0.29, 0.717) is 11.9 Å². The minimum atomic E-state index is -0.0948. The monoisotopic (exact) mass is 356 g/mol. The van der Waals surface area contributed by atoms with E-state index in [9.17, 15) is 9.59 Å². The number of nitrogens with zero attached hydrogens (tertiary/aromatic N) is 1. The van der Waals surface area contributed by atoms with Gasteiger partial charge in [-0.3, -0.25) is 9.59 Å². The summed E-state index contributed by atoms with van der Waals surface area (Å²) in [5.74, 6) is 0.773. The van der Waals surface area contributed by atoms with Crippen LogP contribution in [0.3, 0.4) is 0 Å². The van der Waals surface area contributed by atoms with Crippen molar-refractivity contribution in [2.45, 2.75) is 39.7 Å². The van der Waals surface area contributed by atoms with Gasteiger partial charge in [0.1, 0.15) is 6.54 Å². The summed E-state index contributed by atoms with van der Waals surface area (Å²) in [6.45, 7) is 8.59. The van der Waals surface area contributed by atoms with Crippen molar-refractivity contribution in [2.75, 3.05) is 26.2 Å². The molecule has 5 nitrogen and oxygen atoms in total. The van der Waals surface area contributed by atoms with Crippen molar-refractivity contribution >= 4 is 16.7 Å². The molecule has 0 aliphatic carbocycles. The van der Waals surface area contributed by atoms with Crippen LogP contribution in [0.25, 0.3) is 10.8 Å². The number of carbonyl (C=O) groups is 1. The maximum Gasteiger partial charge on any atom is 0.259 e. The van der Waals surface area contributed by atoms with E-state index >= 15 is 0 Å². The summed E-state index contributed by atoms with van der Waals surface area (Å²) >= 11 is 0. The summed E-state index contributed by atoms with van der Waals surface area (Å²) in [7, 11) is 0. The third-order valence-electron chi connectivity index (χ3n) is 5.54. The zero-order valence-corrected chi connectivity index (χ0v) is 15.9. The number of benzene rings is 1. The van der Waals surface area contributed by atoms with Crippen LogP contribution in [0, 0.1) is 12.8 Å². The van der Waals surface area contributed by atoms with E-state index in [4.69, 9.17) is 0 Å². The van der Waals surface area contributed by atoms with Gasteiger partial charge in [-0.05, 0) is 43.2 Å². The molecular formula is C21H30N3O2+. The number of amides is 1. The molecule has 1 amide bonds. The van der Waals surface area contributed by atoms with Gasteiger partial charge in [0.15, 0.2) is 0 Å². The molecule has 2 aromatic rings. The van der Waals surface area contributed by atoms with Crippen molar-refractivity contribution in [3.8, 4) is 0 Å². The SMILES string of the molecule is Cc1cc2ccccc2c(=O)n1CC(=O)NCCC[NH+]1CCC(C)CC1. The fourth-order valence-corrected chi connectivity index (χ4v) is 3.81. The Balaban J connectivity index is 1.51. The molecule has 1 aromatic heterocycles. The lowest BCUT2D eigenvalue weighted by Crippen LogP contribution is -3.13. The molecule has 1 aliphatic heterocycles. The highest BCUT2D eigenvalue weighted by atomic mass is 16.2. The second kappa shape index (κ2) is 8.49. The van der Waals surface area contributed by atoms with Gasteiger partial charge in [0, 0.05) is 24.0 Å². The van der Waals surface area contributed by atoms with Crippen LogP contribution in [0.4, 0.5) is 0 Å². The molecule has 2 N–H and O–H groups in total. The Morgan fingerprint density at radius 3 is 2.77 bits per heavy atom. The van der Waals surface area contributed by atoms with Crippen molar-refractivity contribution in [3.63, 3.8) is 0 Å². The minimum Gasteiger partial charge on any atom is -0.354 e. The zero-order valence-electron chi connectivity index (χ0n) is 15.9. The molecule has 1 fully saturated rings. The third-order valence-corrected chi connectivity index (χ3v) is 5.54. The average Bonchev–Trinajstić information content (AvgIpc) is 2.64. The molecule has 5 heteroatoms. The van der Waals surface area contributed by atoms with Gasteiger partial charge < -0.3 is 14.8 Å². The number of quaternary nitrogens is 1. The van der Waals surface area contributed by atoms with Crippen LogP contribution in [-0.4, -0.2) is 36.7 Å². The molecule has 0 radical (unpaired) electrons. The summed E-state index contributed by atoms with van der Waals surface area (Å²) in [4.78, 5) is 26.5. The lowest BCUT2D eigenvalue weighted by Gasteiger charge is -2.27. The highest BCUT2D eigenvalue weighted by Crippen LogP contribution is 2.11. The first-order valence-electron chi connectivity index (χ1n) is 9.74. The van der Waals surface area contributed by atoms with Gasteiger partial charge in [-0.2, -0.15) is 0 Å². The Bertz CT molecular complexity index is 820. The first-order valence-corrected chi connectivity index (χ1v) is 9.74. The molecular weight excluding hydrogens is 326 g/mol. The number of fused-ring (bicyclic) bond motifs is 1. The van der Waals surface area contributed by atoms with E-state index < -0.39 is 0 Å². The van der Waals surface area contributed by atoms with E-state index in [2.05, 4.69) is 12.2 Å². The first-order chi connectivity index (χ1) is 12.5. The van der Waals surface area contributed by atoms with Crippen molar-refractivity contribution < 1.29 is 9.69 Å². The number of aryl methyl sites for hydroxylation is 1. The third kappa shape index (κ3) is 4.52. The molecule has 1 saturated heterocycles. The van der Waals surface area contributed by atoms with E-state index in [0.717, 1.165) is 30.0 Å². The largest absolute Gasteiger partial charge is 0.354 e. The number of pyridine rings is 1. The first kappa shape index (κ1) is 18.6. The summed E-state index contributed by atoms with van der Waals surface area (Å²) in [6.07, 6.45) is 3.61. The number of piperidine rings is 1. The van der Waals surface area contributed by atoms with E-state index in [-0.39, 0.29) is 18.0 Å². The van der Waals surface area contributed by atoms with Gasteiger partial charge in [0.2, 0.25) is 5.91 Å². The fourth-order valence-electron chi connectivity index (χ4n) is 3.81. The number of aromatic nitrogens is 1. The quantitative estimate of drug-likeness (QED) is 0.763. The second-order valence-electron chi connectivity index (χ2n) is 7.65. The number of rotatable bonds is 6. The highest BCUT2D eigenvalue weighted by Gasteiger charge is 2.18. The van der Waals surface area contributed by atoms with Gasteiger partial charge in [-0.25, -0.2) is 0 Å². The molecule has 0 saturated carbocycles. The molecule has 3 rings (SSSR count). The van der Waals surface area contributed by atoms with Crippen LogP contribution in [0.5, 0.6) is 0 Å². The van der Waals surface area contributed by atoms with Crippen LogP contribution in [0.1, 0.15) is 31.9 Å². The summed E-state index contributed by atoms with van der Waals surface area (Å²) in [6, 6.07) is 9.48. The normalized spacial score (nSPS) is 20.2. The predicted octanol–water partition coefficient (Wildman–Crippen LogP) is 1.13. The minimum absolute atomic E-state index is 0.0869. The van der Waals surface area contributed by atoms with Gasteiger partial charge in [-0.1, -0.05) is 25.1 Å². The molecule has 140 valence electrons. The highest BCUT2D eigenvalue weighted by molar-refractivity contribution is 5.82. The number of hydrogen-bond donors (Lipinski definition) is 2. The Morgan fingerprint density at radius 1 is 1.27 bits per heavy atom. The van der Waals surface area contributed by atoms with Gasteiger partial charge in [0.25, 0.3) is 5.56 Å². The number of carbonyl (C=O) groups excluding carboxylic acids is 1. The maximum absolute atomic E-state index is 12.6. The Hall–Kier alpha value is -2.14. The number of likely N-dealkylation sites (tertiary alicyclic amines) is 1. The molecule has 1 aliphatic rings. The predicted molar refractivity (Wildman–Crippen MR) is 105 cm³/mol. The van der Waals surface area contributed by atoms with Gasteiger partial charge in [0.05, 0.1) is 19.6 Å². The van der Waals surface area contributed by atoms with Crippen LogP contribution in [0.15, 0.2) is 35.1 Å². The molecule has 2 heterocycles. The molecule has 26 heavy (non-hydrogen) atoms. The van der Waals surface area contributed by atoms with Gasteiger partial charge in [-0.15, -0.1) is 0 Å². The number of nitrogens with one attached hydrogen (secondary N) is 2. The molecule has 0 atom stereocenters. The average molecular weight is 356 g/mol. The lowest BCUT2D eigenvalue weighted by molar-refractivity contribution is -0.906. The second-order valence-corrected chi connectivity index (χ2v) is 7.65. The Morgan fingerprint density at radius 2 is 2.00 bits per heavy atom. The Kier molecular flexibility index (Phi) is 6.09. The van der Waals surface area contributed by atoms with Crippen LogP contribution < -0.4 is 15.8 Å². The topological polar surface area (TPSA) is 55.5 Å². The van der Waals surface area contributed by atoms with Crippen molar-refractivity contribution in [2.24, 2.45) is 5.92 Å². The molecule has 0 bridgehead atoms. The van der Waals surface area contributed by atoms with Crippen molar-refractivity contribution in [1.82, 2.24) is 9.88 Å². The van der Waals surface area contributed by atoms with Crippen LogP contribution in [0.2, 0.25) is 0 Å². The summed E-state index contributed by atoms with van der Waals surface area (Å²) in [5, 5.41) is 4.55. The molecule has 0 unspecified atom stereocenters. The van der Waals surface area contributed by atoms with Crippen LogP contribution in [-0.2, 0) is 11.3 Å². The van der Waals surface area contributed by atoms with E-state index in [1.54, 1.807) is 9.47 Å². The Labute approximate surface area is 155 Å². The fraction of sp³-hybridized carbons (Fsp3) is 0.524. The van der Waals surface area contributed by atoms with Crippen molar-refractivity contribution in [1.29, 1.82) is 0 Å². The summed E-state index contributed by atoms with van der Waals surface area (Å²) in [5.41, 5.74) is 0.721. The number of hydrogen-bond acceptors (Lipinski definition) is 2. The smallest absolute Gasteiger partial charge is 0.259 e. The van der Waals surface area contributed by atoms with Gasteiger partial charge >= 0.3 is 0 Å². The van der Waals surface area contributed by atoms with E-state index in [1.165, 1.54) is 25.9 Å². The molecule has 0 spiro atoms. The van der Waals surface area contributed by atoms with Crippen LogP contribution >= 0.6 is 0 Å². The summed E-state index contributed by atoms with van der Waals surface area (Å²) < 4.78 is 1.56. The standard InChI is InChI=1S/C21H29N3O2/c1-16-8-12-23(13-9-16)11-5-10-22-20(25)15-24-17(2)14-18-6-3-4-7-19(18)21(24)26/h3-4,6-7,14,16H,5,8-13,15H2,1-2H3,(H,22,25)/p+1. The zero-order chi connectivity index (χ0) is 18.5. The van der Waals surface area contributed by atoms with E-state index in [1.807, 2.05) is 37.3 Å².